The van der Waals surface area contributed by atoms with Crippen molar-refractivity contribution in [3.63, 3.8) is 0 Å². The molecule has 4 atom stereocenters. The van der Waals surface area contributed by atoms with Crippen molar-refractivity contribution in [1.29, 1.82) is 5.26 Å². The number of piperazine rings is 1. The molecule has 2 aromatic rings. The van der Waals surface area contributed by atoms with Crippen molar-refractivity contribution in [1.82, 2.24) is 14.9 Å². The van der Waals surface area contributed by atoms with Gasteiger partial charge in [-0.05, 0) is 32.3 Å². The quantitative estimate of drug-likeness (QED) is 0.789. The molecule has 9 heteroatoms. The molecule has 0 saturated carbocycles. The minimum atomic E-state index is -0.922. The lowest BCUT2D eigenvalue weighted by molar-refractivity contribution is 0.0707. The van der Waals surface area contributed by atoms with Gasteiger partial charge in [0.05, 0.1) is 42.2 Å². The zero-order valence-corrected chi connectivity index (χ0v) is 16.1. The molecule has 2 bridgehead atoms. The lowest BCUT2D eigenvalue weighted by Crippen LogP contribution is -2.64. The molecule has 5 heterocycles. The van der Waals surface area contributed by atoms with Crippen LogP contribution in [0.15, 0.2) is 6.20 Å². The number of ether oxygens (including phenoxy) is 1. The summed E-state index contributed by atoms with van der Waals surface area (Å²) in [5.74, 6) is 0.336. The second-order valence-electron chi connectivity index (χ2n) is 7.95. The molecule has 1 N–H and O–H groups in total. The van der Waals surface area contributed by atoms with Gasteiger partial charge in [0, 0.05) is 17.6 Å². The molecule has 0 spiro atoms. The Hall–Kier alpha value is -3.15. The third-order valence-corrected chi connectivity index (χ3v) is 6.47. The van der Waals surface area contributed by atoms with Crippen molar-refractivity contribution in [2.45, 2.75) is 57.3 Å². The number of aryl methyl sites for hydroxylation is 1. The van der Waals surface area contributed by atoms with E-state index in [2.05, 4.69) is 16.0 Å². The molecule has 0 aromatic carbocycles. The van der Waals surface area contributed by atoms with Crippen LogP contribution >= 0.6 is 0 Å². The number of hydrogen-bond donors (Lipinski definition) is 1. The first-order valence-electron chi connectivity index (χ1n) is 9.71. The van der Waals surface area contributed by atoms with E-state index in [1.54, 1.807) is 11.8 Å². The lowest BCUT2D eigenvalue weighted by Gasteiger charge is -2.47. The van der Waals surface area contributed by atoms with E-state index >= 15 is 0 Å². The second-order valence-corrected chi connectivity index (χ2v) is 7.95. The number of aromatic nitrogens is 2. The fourth-order valence-corrected chi connectivity index (χ4v) is 5.35. The number of amides is 1. The van der Waals surface area contributed by atoms with Gasteiger partial charge in [-0.3, -0.25) is 4.90 Å². The van der Waals surface area contributed by atoms with Gasteiger partial charge < -0.3 is 14.7 Å². The minimum absolute atomic E-state index is 0.0347. The first kappa shape index (κ1) is 17.9. The van der Waals surface area contributed by atoms with Crippen LogP contribution in [0.5, 0.6) is 5.88 Å². The van der Waals surface area contributed by atoms with Gasteiger partial charge >= 0.3 is 6.09 Å². The van der Waals surface area contributed by atoms with Crippen molar-refractivity contribution in [2.24, 2.45) is 0 Å². The van der Waals surface area contributed by atoms with Gasteiger partial charge in [-0.15, -0.1) is 0 Å². The number of nitrogens with zero attached hydrogens (tertiary/aromatic N) is 5. The van der Waals surface area contributed by atoms with E-state index < -0.39 is 11.9 Å². The highest BCUT2D eigenvalue weighted by atomic mass is 19.1. The smallest absolute Gasteiger partial charge is 0.407 e. The van der Waals surface area contributed by atoms with Crippen molar-refractivity contribution in [2.75, 3.05) is 11.4 Å². The van der Waals surface area contributed by atoms with Crippen LogP contribution in [0, 0.1) is 24.1 Å². The van der Waals surface area contributed by atoms with Crippen LogP contribution < -0.4 is 9.64 Å². The molecule has 3 aliphatic rings. The average molecular weight is 397 g/mol. The van der Waals surface area contributed by atoms with Crippen LogP contribution in [0.1, 0.15) is 31.0 Å². The van der Waals surface area contributed by atoms with Gasteiger partial charge in [-0.2, -0.15) is 5.26 Å². The summed E-state index contributed by atoms with van der Waals surface area (Å²) in [5, 5.41) is 19.7. The maximum atomic E-state index is 14.9. The molecule has 1 amide bonds. The zero-order valence-electron chi connectivity index (χ0n) is 16.1. The zero-order chi connectivity index (χ0) is 20.4. The fraction of sp³-hybridized carbons (Fsp3) is 0.500. The van der Waals surface area contributed by atoms with Gasteiger partial charge in [0.2, 0.25) is 5.88 Å². The van der Waals surface area contributed by atoms with Crippen LogP contribution in [-0.2, 0) is 6.42 Å². The summed E-state index contributed by atoms with van der Waals surface area (Å²) in [6, 6.07) is 1.47. The van der Waals surface area contributed by atoms with E-state index in [4.69, 9.17) is 9.72 Å². The van der Waals surface area contributed by atoms with E-state index in [9.17, 15) is 19.6 Å². The lowest BCUT2D eigenvalue weighted by atomic mass is 9.97. The third kappa shape index (κ3) is 2.38. The Balaban J connectivity index is 1.77. The minimum Gasteiger partial charge on any atom is -0.472 e. The summed E-state index contributed by atoms with van der Waals surface area (Å²) in [6.07, 6.45) is 1.39. The van der Waals surface area contributed by atoms with Gasteiger partial charge in [0.25, 0.3) is 0 Å². The highest BCUT2D eigenvalue weighted by Gasteiger charge is 2.52. The highest BCUT2D eigenvalue weighted by molar-refractivity contribution is 5.99. The number of anilines is 1. The number of carboxylic acid groups (broad SMARTS) is 1. The number of hydrogen-bond acceptors (Lipinski definition) is 6. The van der Waals surface area contributed by atoms with Crippen molar-refractivity contribution >= 4 is 22.7 Å². The summed E-state index contributed by atoms with van der Waals surface area (Å²) in [6.45, 7) is 4.13. The average Bonchev–Trinajstić information content (AvgIpc) is 2.93. The molecule has 29 heavy (non-hydrogen) atoms. The van der Waals surface area contributed by atoms with E-state index in [1.807, 2.05) is 6.92 Å². The molecule has 2 fully saturated rings. The molecular formula is C20H20FN5O3. The van der Waals surface area contributed by atoms with Crippen molar-refractivity contribution in [3.8, 4) is 11.9 Å². The third-order valence-electron chi connectivity index (χ3n) is 6.47. The molecule has 3 aliphatic heterocycles. The first-order valence-corrected chi connectivity index (χ1v) is 9.71. The largest absolute Gasteiger partial charge is 0.472 e. The number of pyridine rings is 2. The molecule has 8 nitrogen and oxygen atoms in total. The van der Waals surface area contributed by atoms with Gasteiger partial charge in [-0.1, -0.05) is 0 Å². The summed E-state index contributed by atoms with van der Waals surface area (Å²) in [4.78, 5) is 24.4. The maximum absolute atomic E-state index is 14.9. The predicted octanol–water partition coefficient (Wildman–Crippen LogP) is 2.62. The fourth-order valence-electron chi connectivity index (χ4n) is 5.35. The summed E-state index contributed by atoms with van der Waals surface area (Å²) in [7, 11) is 0. The summed E-state index contributed by atoms with van der Waals surface area (Å²) in [5.41, 5.74) is 1.13. The Morgan fingerprint density at radius 2 is 2.24 bits per heavy atom. The van der Waals surface area contributed by atoms with Gasteiger partial charge in [0.1, 0.15) is 17.7 Å². The normalized spacial score (nSPS) is 27.2. The highest BCUT2D eigenvalue weighted by Crippen LogP contribution is 2.45. The molecule has 150 valence electrons. The topological polar surface area (TPSA) is 103 Å². The molecular weight excluding hydrogens is 377 g/mol. The summed E-state index contributed by atoms with van der Waals surface area (Å²) < 4.78 is 21.0. The first-order chi connectivity index (χ1) is 13.9. The van der Waals surface area contributed by atoms with Crippen molar-refractivity contribution in [3.05, 3.63) is 23.3 Å². The molecule has 2 aromatic heterocycles. The molecule has 2 saturated heterocycles. The Morgan fingerprint density at radius 3 is 2.97 bits per heavy atom. The number of halogens is 1. The SMILES string of the molecule is Cc1nc2c3c(ncc(F)c3c1CC#N)OC(C)C1C3CCC(CN21)N3C(=O)O. The van der Waals surface area contributed by atoms with Crippen LogP contribution in [0.25, 0.3) is 10.8 Å². The van der Waals surface area contributed by atoms with Crippen LogP contribution in [0.4, 0.5) is 15.0 Å². The van der Waals surface area contributed by atoms with E-state index in [1.165, 1.54) is 0 Å². The number of rotatable bonds is 1. The van der Waals surface area contributed by atoms with E-state index in [-0.39, 0.29) is 36.5 Å². The van der Waals surface area contributed by atoms with Crippen LogP contribution in [0.2, 0.25) is 0 Å². The van der Waals surface area contributed by atoms with Crippen LogP contribution in [0.3, 0.4) is 0 Å². The monoisotopic (exact) mass is 397 g/mol. The van der Waals surface area contributed by atoms with E-state index in [0.717, 1.165) is 19.0 Å². The summed E-state index contributed by atoms with van der Waals surface area (Å²) >= 11 is 0. The Bertz CT molecular complexity index is 1080. The van der Waals surface area contributed by atoms with E-state index in [0.29, 0.717) is 34.4 Å². The predicted molar refractivity (Wildman–Crippen MR) is 101 cm³/mol. The van der Waals surface area contributed by atoms with Crippen molar-refractivity contribution < 1.29 is 19.0 Å². The van der Waals surface area contributed by atoms with Gasteiger partial charge in [0.15, 0.2) is 0 Å². The number of nitriles is 1. The Labute approximate surface area is 166 Å². The Morgan fingerprint density at radius 1 is 1.45 bits per heavy atom. The maximum Gasteiger partial charge on any atom is 0.407 e. The number of carbonyl (C=O) groups is 1. The molecule has 0 radical (unpaired) electrons. The Kier molecular flexibility index (Phi) is 3.81. The molecule has 4 unspecified atom stereocenters. The number of fused-ring (bicyclic) bond motifs is 5. The van der Waals surface area contributed by atoms with Crippen LogP contribution in [-0.4, -0.2) is 56.8 Å². The molecule has 5 rings (SSSR count). The van der Waals surface area contributed by atoms with Gasteiger partial charge in [-0.25, -0.2) is 19.2 Å². The second kappa shape index (κ2) is 6.17. The standard InChI is InChI=1S/C20H20FN5O3/c1-9-12(5-6-22)15-13(21)7-23-19-16(15)18(24-9)25-8-11-3-4-14(26(11)20(27)28)17(25)10(2)29-19/h7,10-11,14,17H,3-5,8H2,1-2H3,(H,27,28). The molecule has 0 aliphatic carbocycles.